The Kier molecular flexibility index (Phi) is 4.08. The summed E-state index contributed by atoms with van der Waals surface area (Å²) in [6.45, 7) is 8.48. The maximum absolute atomic E-state index is 12.4. The minimum Gasteiger partial charge on any atom is -0.342 e. The summed E-state index contributed by atoms with van der Waals surface area (Å²) in [7, 11) is 0. The van der Waals surface area contributed by atoms with Gasteiger partial charge in [-0.2, -0.15) is 0 Å². The second-order valence-corrected chi connectivity index (χ2v) is 5.76. The second-order valence-electron chi connectivity index (χ2n) is 5.76. The van der Waals surface area contributed by atoms with Crippen molar-refractivity contribution >= 4 is 5.91 Å². The van der Waals surface area contributed by atoms with E-state index in [1.54, 1.807) is 0 Å². The lowest BCUT2D eigenvalue weighted by Gasteiger charge is -2.29. The van der Waals surface area contributed by atoms with Gasteiger partial charge in [0.1, 0.15) is 0 Å². The molecule has 1 N–H and O–H groups in total. The van der Waals surface area contributed by atoms with Gasteiger partial charge < -0.3 is 10.2 Å². The Morgan fingerprint density at radius 2 is 2.18 bits per heavy atom. The Labute approximate surface area is 105 Å². The first-order valence-electron chi connectivity index (χ1n) is 7.20. The van der Waals surface area contributed by atoms with E-state index < -0.39 is 0 Å². The third-order valence-corrected chi connectivity index (χ3v) is 4.90. The topological polar surface area (TPSA) is 32.3 Å². The summed E-state index contributed by atoms with van der Waals surface area (Å²) >= 11 is 0. The second kappa shape index (κ2) is 5.38. The van der Waals surface area contributed by atoms with Crippen molar-refractivity contribution in [3.05, 3.63) is 0 Å². The molecule has 2 fully saturated rings. The highest BCUT2D eigenvalue weighted by Crippen LogP contribution is 2.37. The fourth-order valence-electron chi connectivity index (χ4n) is 3.27. The highest BCUT2D eigenvalue weighted by molar-refractivity contribution is 5.79. The third-order valence-electron chi connectivity index (χ3n) is 4.90. The molecule has 3 heteroatoms. The van der Waals surface area contributed by atoms with Gasteiger partial charge in [0.15, 0.2) is 0 Å². The van der Waals surface area contributed by atoms with E-state index >= 15 is 0 Å². The molecular weight excluding hydrogens is 212 g/mol. The minimum atomic E-state index is 0.244. The molecule has 2 aliphatic rings. The summed E-state index contributed by atoms with van der Waals surface area (Å²) in [4.78, 5) is 14.5. The minimum absolute atomic E-state index is 0.244. The lowest BCUT2D eigenvalue weighted by atomic mass is 9.82. The standard InChI is InChI=1S/C14H26N2O/c1-3-14(4-2)7-9-16(11-14)13(17)12-6-5-8-15-10-12/h12,15H,3-11H2,1-2H3/t12-/m0/s1. The van der Waals surface area contributed by atoms with Gasteiger partial charge in [0, 0.05) is 19.6 Å². The zero-order valence-electron chi connectivity index (χ0n) is 11.3. The fraction of sp³-hybridized carbons (Fsp3) is 0.929. The molecule has 0 aromatic heterocycles. The Balaban J connectivity index is 1.93. The molecule has 3 nitrogen and oxygen atoms in total. The summed E-state index contributed by atoms with van der Waals surface area (Å²) < 4.78 is 0. The van der Waals surface area contributed by atoms with Crippen LogP contribution in [0.2, 0.25) is 0 Å². The van der Waals surface area contributed by atoms with Crippen molar-refractivity contribution in [2.24, 2.45) is 11.3 Å². The summed E-state index contributed by atoms with van der Waals surface area (Å²) in [6, 6.07) is 0. The van der Waals surface area contributed by atoms with E-state index in [9.17, 15) is 4.79 Å². The Bertz CT molecular complexity index is 267. The van der Waals surface area contributed by atoms with Crippen LogP contribution in [-0.4, -0.2) is 37.0 Å². The SMILES string of the molecule is CCC1(CC)CCN(C(=O)[C@H]2CCCNC2)C1. The van der Waals surface area contributed by atoms with Gasteiger partial charge in [-0.15, -0.1) is 0 Å². The maximum Gasteiger partial charge on any atom is 0.226 e. The van der Waals surface area contributed by atoms with E-state index in [-0.39, 0.29) is 5.92 Å². The van der Waals surface area contributed by atoms with Crippen molar-refractivity contribution in [3.63, 3.8) is 0 Å². The molecule has 0 aromatic carbocycles. The Hall–Kier alpha value is -0.570. The number of rotatable bonds is 3. The zero-order chi connectivity index (χ0) is 12.3. The van der Waals surface area contributed by atoms with Crippen LogP contribution in [0.15, 0.2) is 0 Å². The average Bonchev–Trinajstić information content (AvgIpc) is 2.84. The Morgan fingerprint density at radius 3 is 2.71 bits per heavy atom. The van der Waals surface area contributed by atoms with Gasteiger partial charge in [-0.3, -0.25) is 4.79 Å². The number of piperidine rings is 1. The van der Waals surface area contributed by atoms with Crippen molar-refractivity contribution in [2.45, 2.75) is 46.0 Å². The molecule has 1 atom stereocenters. The van der Waals surface area contributed by atoms with Gasteiger partial charge in [0.05, 0.1) is 5.92 Å². The van der Waals surface area contributed by atoms with Gasteiger partial charge in [-0.1, -0.05) is 13.8 Å². The van der Waals surface area contributed by atoms with Crippen molar-refractivity contribution in [1.29, 1.82) is 0 Å². The molecule has 98 valence electrons. The van der Waals surface area contributed by atoms with Crippen LogP contribution in [0.5, 0.6) is 0 Å². The van der Waals surface area contributed by atoms with Gasteiger partial charge in [0.25, 0.3) is 0 Å². The largest absolute Gasteiger partial charge is 0.342 e. The first kappa shape index (κ1) is 12.9. The highest BCUT2D eigenvalue weighted by atomic mass is 16.2. The number of carbonyl (C=O) groups excluding carboxylic acids is 1. The van der Waals surface area contributed by atoms with Gasteiger partial charge in [-0.25, -0.2) is 0 Å². The first-order valence-corrected chi connectivity index (χ1v) is 7.20. The lowest BCUT2D eigenvalue weighted by molar-refractivity contribution is -0.135. The van der Waals surface area contributed by atoms with Crippen LogP contribution < -0.4 is 5.32 Å². The Morgan fingerprint density at radius 1 is 1.41 bits per heavy atom. The fourth-order valence-corrected chi connectivity index (χ4v) is 3.27. The molecule has 0 radical (unpaired) electrons. The number of hydrogen-bond donors (Lipinski definition) is 1. The maximum atomic E-state index is 12.4. The van der Waals surface area contributed by atoms with Crippen molar-refractivity contribution < 1.29 is 4.79 Å². The number of carbonyl (C=O) groups is 1. The predicted molar refractivity (Wildman–Crippen MR) is 69.8 cm³/mol. The van der Waals surface area contributed by atoms with E-state index in [4.69, 9.17) is 0 Å². The van der Waals surface area contributed by atoms with Crippen molar-refractivity contribution in [2.75, 3.05) is 26.2 Å². The monoisotopic (exact) mass is 238 g/mol. The van der Waals surface area contributed by atoms with E-state index in [1.165, 1.54) is 19.3 Å². The number of nitrogens with one attached hydrogen (secondary N) is 1. The molecule has 0 saturated carbocycles. The molecule has 0 spiro atoms. The van der Waals surface area contributed by atoms with Crippen LogP contribution in [0.1, 0.15) is 46.0 Å². The highest BCUT2D eigenvalue weighted by Gasteiger charge is 2.38. The molecule has 0 aromatic rings. The predicted octanol–water partition coefficient (Wildman–Crippen LogP) is 2.02. The molecular formula is C14H26N2O. The third kappa shape index (κ3) is 2.65. The van der Waals surface area contributed by atoms with Crippen LogP contribution in [0, 0.1) is 11.3 Å². The van der Waals surface area contributed by atoms with Gasteiger partial charge in [0.2, 0.25) is 5.91 Å². The first-order chi connectivity index (χ1) is 8.21. The average molecular weight is 238 g/mol. The molecule has 2 aliphatic heterocycles. The number of amides is 1. The normalized spacial score (nSPS) is 28.4. The van der Waals surface area contributed by atoms with E-state index in [0.717, 1.165) is 39.0 Å². The zero-order valence-corrected chi connectivity index (χ0v) is 11.3. The van der Waals surface area contributed by atoms with Crippen molar-refractivity contribution in [1.82, 2.24) is 10.2 Å². The summed E-state index contributed by atoms with van der Waals surface area (Å²) in [5.41, 5.74) is 0.414. The van der Waals surface area contributed by atoms with Crippen LogP contribution in [-0.2, 0) is 4.79 Å². The quantitative estimate of drug-likeness (QED) is 0.816. The number of likely N-dealkylation sites (tertiary alicyclic amines) is 1. The summed E-state index contributed by atoms with van der Waals surface area (Å²) in [5.74, 6) is 0.647. The molecule has 2 heterocycles. The van der Waals surface area contributed by atoms with E-state index in [2.05, 4.69) is 24.1 Å². The number of nitrogens with zero attached hydrogens (tertiary/aromatic N) is 1. The van der Waals surface area contributed by atoms with Crippen LogP contribution in [0.4, 0.5) is 0 Å². The molecule has 17 heavy (non-hydrogen) atoms. The van der Waals surface area contributed by atoms with E-state index in [0.29, 0.717) is 11.3 Å². The molecule has 0 unspecified atom stereocenters. The van der Waals surface area contributed by atoms with Crippen LogP contribution >= 0.6 is 0 Å². The molecule has 2 rings (SSSR count). The van der Waals surface area contributed by atoms with E-state index in [1.807, 2.05) is 0 Å². The smallest absolute Gasteiger partial charge is 0.226 e. The molecule has 0 bridgehead atoms. The van der Waals surface area contributed by atoms with Gasteiger partial charge in [-0.05, 0) is 44.1 Å². The molecule has 2 saturated heterocycles. The number of hydrogen-bond acceptors (Lipinski definition) is 2. The molecule has 1 amide bonds. The van der Waals surface area contributed by atoms with Crippen LogP contribution in [0.3, 0.4) is 0 Å². The summed E-state index contributed by atoms with van der Waals surface area (Å²) in [6.07, 6.45) is 5.84. The lowest BCUT2D eigenvalue weighted by Crippen LogP contribution is -2.42. The van der Waals surface area contributed by atoms with Crippen LogP contribution in [0.25, 0.3) is 0 Å². The summed E-state index contributed by atoms with van der Waals surface area (Å²) in [5, 5.41) is 3.34. The van der Waals surface area contributed by atoms with Gasteiger partial charge >= 0.3 is 0 Å². The van der Waals surface area contributed by atoms with Crippen molar-refractivity contribution in [3.8, 4) is 0 Å². The molecule has 0 aliphatic carbocycles.